The minimum atomic E-state index is 0.0332. The number of hydrogen-bond donors (Lipinski definition) is 1. The van der Waals surface area contributed by atoms with Gasteiger partial charge in [0.05, 0.1) is 6.04 Å². The van der Waals surface area contributed by atoms with Gasteiger partial charge in [0, 0.05) is 37.4 Å². The number of hydrogen-bond acceptors (Lipinski definition) is 4. The zero-order valence-electron chi connectivity index (χ0n) is 11.4. The van der Waals surface area contributed by atoms with Crippen LogP contribution < -0.4 is 5.73 Å². The molecule has 4 heteroatoms. The summed E-state index contributed by atoms with van der Waals surface area (Å²) in [4.78, 5) is 10.6. The fourth-order valence-corrected chi connectivity index (χ4v) is 2.39. The van der Waals surface area contributed by atoms with Crippen LogP contribution in [-0.4, -0.2) is 28.0 Å². The molecule has 0 aromatic carbocycles. The Hall–Kier alpha value is -1.78. The van der Waals surface area contributed by atoms with Crippen molar-refractivity contribution >= 4 is 0 Å². The summed E-state index contributed by atoms with van der Waals surface area (Å²) in [6.07, 6.45) is 7.34. The molecule has 2 heterocycles. The Balaban J connectivity index is 2.16. The molecule has 0 amide bonds. The minimum Gasteiger partial charge on any atom is -0.326 e. The van der Waals surface area contributed by atoms with Gasteiger partial charge in [0.25, 0.3) is 0 Å². The smallest absolute Gasteiger partial charge is 0.0512 e. The lowest BCUT2D eigenvalue weighted by Gasteiger charge is -2.31. The second kappa shape index (κ2) is 6.41. The van der Waals surface area contributed by atoms with E-state index in [9.17, 15) is 0 Å². The molecule has 0 fully saturated rings. The molecule has 2 N–H and O–H groups in total. The first-order chi connectivity index (χ1) is 9.18. The number of pyridine rings is 2. The SMILES string of the molecule is CC(N)C(c1cccnc1)N(C)Cc1cccnc1. The number of nitrogens with zero attached hydrogens (tertiary/aromatic N) is 3. The molecule has 0 aliphatic rings. The van der Waals surface area contributed by atoms with E-state index in [-0.39, 0.29) is 12.1 Å². The van der Waals surface area contributed by atoms with Crippen molar-refractivity contribution in [2.75, 3.05) is 7.05 Å². The summed E-state index contributed by atoms with van der Waals surface area (Å²) in [5, 5.41) is 0. The zero-order valence-corrected chi connectivity index (χ0v) is 11.4. The van der Waals surface area contributed by atoms with Crippen molar-refractivity contribution in [3.05, 3.63) is 60.2 Å². The Morgan fingerprint density at radius 2 is 1.84 bits per heavy atom. The molecule has 2 aromatic heterocycles. The van der Waals surface area contributed by atoms with Crippen LogP contribution in [0, 0.1) is 0 Å². The number of rotatable bonds is 5. The third-order valence-electron chi connectivity index (χ3n) is 3.15. The van der Waals surface area contributed by atoms with Gasteiger partial charge in [-0.25, -0.2) is 0 Å². The van der Waals surface area contributed by atoms with Gasteiger partial charge in [0.15, 0.2) is 0 Å². The molecule has 0 saturated heterocycles. The highest BCUT2D eigenvalue weighted by molar-refractivity contribution is 5.17. The van der Waals surface area contributed by atoms with E-state index in [1.54, 1.807) is 12.4 Å². The Kier molecular flexibility index (Phi) is 4.60. The lowest BCUT2D eigenvalue weighted by Crippen LogP contribution is -2.37. The molecular weight excluding hydrogens is 236 g/mol. The molecule has 2 aromatic rings. The Morgan fingerprint density at radius 1 is 1.16 bits per heavy atom. The van der Waals surface area contributed by atoms with E-state index in [0.717, 1.165) is 12.1 Å². The summed E-state index contributed by atoms with van der Waals surface area (Å²) in [7, 11) is 2.08. The summed E-state index contributed by atoms with van der Waals surface area (Å²) < 4.78 is 0. The number of aromatic nitrogens is 2. The van der Waals surface area contributed by atoms with E-state index in [0.29, 0.717) is 0 Å². The Morgan fingerprint density at radius 3 is 2.37 bits per heavy atom. The van der Waals surface area contributed by atoms with Crippen LogP contribution in [0.15, 0.2) is 49.1 Å². The van der Waals surface area contributed by atoms with E-state index in [2.05, 4.69) is 34.0 Å². The molecule has 2 rings (SSSR count). The first-order valence-corrected chi connectivity index (χ1v) is 6.43. The Labute approximate surface area is 114 Å². The van der Waals surface area contributed by atoms with Crippen LogP contribution >= 0.6 is 0 Å². The maximum Gasteiger partial charge on any atom is 0.0512 e. The molecular formula is C15H20N4. The predicted octanol–water partition coefficient (Wildman–Crippen LogP) is 2.00. The minimum absolute atomic E-state index is 0.0332. The first-order valence-electron chi connectivity index (χ1n) is 6.43. The third-order valence-corrected chi connectivity index (χ3v) is 3.15. The van der Waals surface area contributed by atoms with Crippen LogP contribution in [0.4, 0.5) is 0 Å². The van der Waals surface area contributed by atoms with E-state index in [1.807, 2.05) is 31.5 Å². The third kappa shape index (κ3) is 3.59. The molecule has 0 aliphatic carbocycles. The van der Waals surface area contributed by atoms with Gasteiger partial charge < -0.3 is 5.73 Å². The molecule has 0 radical (unpaired) electrons. The summed E-state index contributed by atoms with van der Waals surface area (Å²) >= 11 is 0. The molecule has 19 heavy (non-hydrogen) atoms. The van der Waals surface area contributed by atoms with Crippen LogP contribution in [0.5, 0.6) is 0 Å². The van der Waals surface area contributed by atoms with Crippen molar-refractivity contribution < 1.29 is 0 Å². The van der Waals surface area contributed by atoms with Crippen molar-refractivity contribution in [3.63, 3.8) is 0 Å². The van der Waals surface area contributed by atoms with Crippen molar-refractivity contribution in [2.45, 2.75) is 25.6 Å². The predicted molar refractivity (Wildman–Crippen MR) is 76.3 cm³/mol. The van der Waals surface area contributed by atoms with Gasteiger partial charge in [-0.15, -0.1) is 0 Å². The number of nitrogens with two attached hydrogens (primary N) is 1. The van der Waals surface area contributed by atoms with Gasteiger partial charge in [-0.05, 0) is 37.2 Å². The van der Waals surface area contributed by atoms with Crippen molar-refractivity contribution in [1.82, 2.24) is 14.9 Å². The van der Waals surface area contributed by atoms with Crippen molar-refractivity contribution in [3.8, 4) is 0 Å². The van der Waals surface area contributed by atoms with Gasteiger partial charge in [-0.2, -0.15) is 0 Å². The Bertz CT molecular complexity index is 484. The van der Waals surface area contributed by atoms with Crippen LogP contribution in [0.1, 0.15) is 24.1 Å². The largest absolute Gasteiger partial charge is 0.326 e. The second-order valence-electron chi connectivity index (χ2n) is 4.87. The first kappa shape index (κ1) is 13.6. The summed E-state index contributed by atoms with van der Waals surface area (Å²) in [5.41, 5.74) is 8.46. The maximum absolute atomic E-state index is 6.14. The fourth-order valence-electron chi connectivity index (χ4n) is 2.39. The van der Waals surface area contributed by atoms with Gasteiger partial charge in [-0.1, -0.05) is 12.1 Å². The standard InChI is InChI=1S/C15H20N4/c1-12(16)15(14-6-4-8-18-10-14)19(2)11-13-5-3-7-17-9-13/h3-10,12,15H,11,16H2,1-2H3. The highest BCUT2D eigenvalue weighted by Crippen LogP contribution is 2.22. The molecule has 2 unspecified atom stereocenters. The lowest BCUT2D eigenvalue weighted by molar-refractivity contribution is 0.210. The molecule has 0 bridgehead atoms. The van der Waals surface area contributed by atoms with Gasteiger partial charge in [0.1, 0.15) is 0 Å². The normalized spacial score (nSPS) is 14.3. The second-order valence-corrected chi connectivity index (χ2v) is 4.87. The quantitative estimate of drug-likeness (QED) is 0.889. The van der Waals surface area contributed by atoms with Crippen LogP contribution in [-0.2, 0) is 6.54 Å². The molecule has 100 valence electrons. The van der Waals surface area contributed by atoms with Crippen LogP contribution in [0.3, 0.4) is 0 Å². The van der Waals surface area contributed by atoms with Crippen molar-refractivity contribution in [2.24, 2.45) is 5.73 Å². The fraction of sp³-hybridized carbons (Fsp3) is 0.333. The van der Waals surface area contributed by atoms with Gasteiger partial charge in [0.2, 0.25) is 0 Å². The van der Waals surface area contributed by atoms with E-state index < -0.39 is 0 Å². The van der Waals surface area contributed by atoms with E-state index >= 15 is 0 Å². The highest BCUT2D eigenvalue weighted by atomic mass is 15.1. The molecule has 0 aliphatic heterocycles. The zero-order chi connectivity index (χ0) is 13.7. The number of likely N-dealkylation sites (N-methyl/N-ethyl adjacent to an activating group) is 1. The average Bonchev–Trinajstić information content (AvgIpc) is 2.40. The van der Waals surface area contributed by atoms with Gasteiger partial charge >= 0.3 is 0 Å². The van der Waals surface area contributed by atoms with E-state index in [1.165, 1.54) is 5.56 Å². The topological polar surface area (TPSA) is 55.0 Å². The summed E-state index contributed by atoms with van der Waals surface area (Å²) in [6, 6.07) is 8.22. The van der Waals surface area contributed by atoms with E-state index in [4.69, 9.17) is 5.73 Å². The maximum atomic E-state index is 6.14. The summed E-state index contributed by atoms with van der Waals surface area (Å²) in [5.74, 6) is 0. The molecule has 0 spiro atoms. The highest BCUT2D eigenvalue weighted by Gasteiger charge is 2.21. The van der Waals surface area contributed by atoms with Gasteiger partial charge in [-0.3, -0.25) is 14.9 Å². The van der Waals surface area contributed by atoms with Crippen molar-refractivity contribution in [1.29, 1.82) is 0 Å². The monoisotopic (exact) mass is 256 g/mol. The molecule has 4 nitrogen and oxygen atoms in total. The average molecular weight is 256 g/mol. The lowest BCUT2D eigenvalue weighted by atomic mass is 10.0. The molecule has 0 saturated carbocycles. The molecule has 2 atom stereocenters. The van der Waals surface area contributed by atoms with Crippen LogP contribution in [0.25, 0.3) is 0 Å². The summed E-state index contributed by atoms with van der Waals surface area (Å²) in [6.45, 7) is 2.84. The van der Waals surface area contributed by atoms with Crippen LogP contribution in [0.2, 0.25) is 0 Å².